The first-order valence-electron chi connectivity index (χ1n) is 7.05. The third kappa shape index (κ3) is 7.11. The van der Waals surface area contributed by atoms with E-state index in [1.165, 1.54) is 5.56 Å². The Morgan fingerprint density at radius 3 is 2.35 bits per heavy atom. The molecule has 0 saturated carbocycles. The second-order valence-electron chi connectivity index (χ2n) is 4.21. The number of amides is 2. The molecule has 2 amide bonds. The molecule has 5 heteroatoms. The highest BCUT2D eigenvalue weighted by molar-refractivity contribution is 5.73. The van der Waals surface area contributed by atoms with Gasteiger partial charge in [0.15, 0.2) is 6.29 Å². The maximum Gasteiger partial charge on any atom is 0.314 e. The fourth-order valence-corrected chi connectivity index (χ4v) is 1.74. The Kier molecular flexibility index (Phi) is 8.42. The van der Waals surface area contributed by atoms with E-state index in [-0.39, 0.29) is 12.3 Å². The van der Waals surface area contributed by atoms with E-state index in [4.69, 9.17) is 9.47 Å². The van der Waals surface area contributed by atoms with Crippen molar-refractivity contribution in [2.24, 2.45) is 0 Å². The summed E-state index contributed by atoms with van der Waals surface area (Å²) in [5, 5.41) is 5.55. The van der Waals surface area contributed by atoms with Gasteiger partial charge in [0.25, 0.3) is 0 Å². The van der Waals surface area contributed by atoms with Crippen molar-refractivity contribution in [2.75, 3.05) is 26.3 Å². The lowest BCUT2D eigenvalue weighted by Crippen LogP contribution is -2.42. The molecule has 112 valence electrons. The van der Waals surface area contributed by atoms with Crippen LogP contribution in [0.4, 0.5) is 4.79 Å². The summed E-state index contributed by atoms with van der Waals surface area (Å²) >= 11 is 0. The van der Waals surface area contributed by atoms with Gasteiger partial charge in [0.1, 0.15) is 0 Å². The molecule has 0 aliphatic carbocycles. The number of carbonyl (C=O) groups excluding carboxylic acids is 1. The van der Waals surface area contributed by atoms with Gasteiger partial charge in [0.05, 0.1) is 6.54 Å². The molecule has 0 aliphatic heterocycles. The van der Waals surface area contributed by atoms with Crippen molar-refractivity contribution in [3.8, 4) is 0 Å². The van der Waals surface area contributed by atoms with Gasteiger partial charge in [-0.25, -0.2) is 4.79 Å². The van der Waals surface area contributed by atoms with Crippen LogP contribution in [0, 0.1) is 0 Å². The van der Waals surface area contributed by atoms with Crippen LogP contribution in [0.2, 0.25) is 0 Å². The number of ether oxygens (including phenoxy) is 2. The summed E-state index contributed by atoms with van der Waals surface area (Å²) in [6.07, 6.45) is 0.430. The zero-order chi connectivity index (χ0) is 14.6. The Labute approximate surface area is 120 Å². The van der Waals surface area contributed by atoms with Crippen LogP contribution in [0.1, 0.15) is 19.4 Å². The molecule has 0 fully saturated rings. The number of nitrogens with one attached hydrogen (secondary N) is 2. The predicted octanol–water partition coefficient (Wildman–Crippen LogP) is 1.93. The number of rotatable bonds is 9. The lowest BCUT2D eigenvalue weighted by molar-refractivity contribution is -0.131. The minimum Gasteiger partial charge on any atom is -0.351 e. The number of hydrogen-bond acceptors (Lipinski definition) is 3. The molecule has 0 aliphatic rings. The Balaban J connectivity index is 2.16. The van der Waals surface area contributed by atoms with Crippen molar-refractivity contribution in [2.45, 2.75) is 26.6 Å². The zero-order valence-electron chi connectivity index (χ0n) is 12.2. The second kappa shape index (κ2) is 10.2. The molecule has 0 bridgehead atoms. The van der Waals surface area contributed by atoms with Crippen molar-refractivity contribution in [3.05, 3.63) is 35.9 Å². The molecule has 0 spiro atoms. The molecule has 20 heavy (non-hydrogen) atoms. The number of hydrogen-bond donors (Lipinski definition) is 2. The van der Waals surface area contributed by atoms with E-state index in [1.807, 2.05) is 44.2 Å². The summed E-state index contributed by atoms with van der Waals surface area (Å²) in [6.45, 7) is 5.85. The molecule has 0 heterocycles. The van der Waals surface area contributed by atoms with Crippen LogP contribution in [-0.2, 0) is 15.9 Å². The number of carbonyl (C=O) groups is 1. The SMILES string of the molecule is CCOC(CNC(=O)NCCc1ccccc1)OCC. The van der Waals surface area contributed by atoms with Gasteiger partial charge in [0, 0.05) is 19.8 Å². The van der Waals surface area contributed by atoms with Crippen LogP contribution >= 0.6 is 0 Å². The molecule has 1 aromatic carbocycles. The summed E-state index contributed by atoms with van der Waals surface area (Å²) in [6, 6.07) is 9.84. The van der Waals surface area contributed by atoms with Crippen LogP contribution < -0.4 is 10.6 Å². The molecular weight excluding hydrogens is 256 g/mol. The Bertz CT molecular complexity index is 365. The topological polar surface area (TPSA) is 59.6 Å². The van der Waals surface area contributed by atoms with E-state index in [1.54, 1.807) is 0 Å². The Morgan fingerprint density at radius 2 is 1.75 bits per heavy atom. The summed E-state index contributed by atoms with van der Waals surface area (Å²) in [5.41, 5.74) is 1.20. The number of urea groups is 1. The normalized spacial score (nSPS) is 10.6. The molecule has 0 radical (unpaired) electrons. The monoisotopic (exact) mass is 280 g/mol. The minimum atomic E-state index is -0.384. The van der Waals surface area contributed by atoms with E-state index in [0.29, 0.717) is 26.3 Å². The fourth-order valence-electron chi connectivity index (χ4n) is 1.74. The molecule has 5 nitrogen and oxygen atoms in total. The highest BCUT2D eigenvalue weighted by Gasteiger charge is 2.09. The molecule has 2 N–H and O–H groups in total. The van der Waals surface area contributed by atoms with Gasteiger partial charge in [-0.2, -0.15) is 0 Å². The molecule has 0 saturated heterocycles. The molecule has 0 aromatic heterocycles. The highest BCUT2D eigenvalue weighted by atomic mass is 16.7. The first-order chi connectivity index (χ1) is 9.76. The van der Waals surface area contributed by atoms with Crippen LogP contribution in [-0.4, -0.2) is 38.6 Å². The lowest BCUT2D eigenvalue weighted by Gasteiger charge is -2.17. The van der Waals surface area contributed by atoms with Crippen LogP contribution in [0.25, 0.3) is 0 Å². The van der Waals surface area contributed by atoms with Crippen LogP contribution in [0.5, 0.6) is 0 Å². The third-order valence-electron chi connectivity index (χ3n) is 2.68. The van der Waals surface area contributed by atoms with Crippen molar-refractivity contribution < 1.29 is 14.3 Å². The average molecular weight is 280 g/mol. The minimum absolute atomic E-state index is 0.203. The quantitative estimate of drug-likeness (QED) is 0.680. The van der Waals surface area contributed by atoms with Crippen LogP contribution in [0.15, 0.2) is 30.3 Å². The average Bonchev–Trinajstić information content (AvgIpc) is 2.46. The van der Waals surface area contributed by atoms with Gasteiger partial charge in [-0.3, -0.25) is 0 Å². The maximum atomic E-state index is 11.6. The maximum absolute atomic E-state index is 11.6. The largest absolute Gasteiger partial charge is 0.351 e. The third-order valence-corrected chi connectivity index (χ3v) is 2.68. The smallest absolute Gasteiger partial charge is 0.314 e. The van der Waals surface area contributed by atoms with E-state index in [9.17, 15) is 4.79 Å². The van der Waals surface area contributed by atoms with Gasteiger partial charge in [-0.1, -0.05) is 30.3 Å². The summed E-state index contributed by atoms with van der Waals surface area (Å²) in [5.74, 6) is 0. The van der Waals surface area contributed by atoms with Gasteiger partial charge in [-0.15, -0.1) is 0 Å². The van der Waals surface area contributed by atoms with Gasteiger partial charge in [0.2, 0.25) is 0 Å². The van der Waals surface area contributed by atoms with Crippen molar-refractivity contribution >= 4 is 6.03 Å². The molecule has 0 atom stereocenters. The van der Waals surface area contributed by atoms with Crippen molar-refractivity contribution in [3.63, 3.8) is 0 Å². The first kappa shape index (κ1) is 16.5. The van der Waals surface area contributed by atoms with Crippen LogP contribution in [0.3, 0.4) is 0 Å². The van der Waals surface area contributed by atoms with Gasteiger partial charge in [-0.05, 0) is 25.8 Å². The molecule has 0 unspecified atom stereocenters. The summed E-state index contributed by atoms with van der Waals surface area (Å²) in [7, 11) is 0. The molecule has 1 rings (SSSR count). The van der Waals surface area contributed by atoms with Crippen molar-refractivity contribution in [1.29, 1.82) is 0 Å². The predicted molar refractivity (Wildman–Crippen MR) is 78.6 cm³/mol. The van der Waals surface area contributed by atoms with Crippen molar-refractivity contribution in [1.82, 2.24) is 10.6 Å². The van der Waals surface area contributed by atoms with E-state index in [2.05, 4.69) is 10.6 Å². The van der Waals surface area contributed by atoms with Gasteiger partial charge < -0.3 is 20.1 Å². The standard InChI is InChI=1S/C15H24N2O3/c1-3-19-14(20-4-2)12-17-15(18)16-11-10-13-8-6-5-7-9-13/h5-9,14H,3-4,10-12H2,1-2H3,(H2,16,17,18). The van der Waals surface area contributed by atoms with E-state index in [0.717, 1.165) is 6.42 Å². The Hall–Kier alpha value is -1.59. The first-order valence-corrected chi connectivity index (χ1v) is 7.05. The van der Waals surface area contributed by atoms with Gasteiger partial charge >= 0.3 is 6.03 Å². The summed E-state index contributed by atoms with van der Waals surface area (Å²) in [4.78, 5) is 11.6. The fraction of sp³-hybridized carbons (Fsp3) is 0.533. The Morgan fingerprint density at radius 1 is 1.10 bits per heavy atom. The zero-order valence-corrected chi connectivity index (χ0v) is 12.2. The van der Waals surface area contributed by atoms with E-state index < -0.39 is 0 Å². The summed E-state index contributed by atoms with van der Waals surface area (Å²) < 4.78 is 10.7. The molecule has 1 aromatic rings. The number of benzene rings is 1. The molecular formula is C15H24N2O3. The highest BCUT2D eigenvalue weighted by Crippen LogP contribution is 1.98. The van der Waals surface area contributed by atoms with E-state index >= 15 is 0 Å². The second-order valence-corrected chi connectivity index (χ2v) is 4.21. The lowest BCUT2D eigenvalue weighted by atomic mass is 10.1.